The highest BCUT2D eigenvalue weighted by Gasteiger charge is 2.37. The van der Waals surface area contributed by atoms with Crippen molar-refractivity contribution in [2.75, 3.05) is 18.4 Å². The molecule has 4 rings (SSSR count). The zero-order chi connectivity index (χ0) is 24.3. The summed E-state index contributed by atoms with van der Waals surface area (Å²) in [4.78, 5) is 13.0. The first-order valence-corrected chi connectivity index (χ1v) is 12.8. The Balaban J connectivity index is 1.52. The summed E-state index contributed by atoms with van der Waals surface area (Å²) in [6.07, 6.45) is 4.64. The maximum atomic E-state index is 13.6. The van der Waals surface area contributed by atoms with Crippen LogP contribution in [0, 0.1) is 26.7 Å². The molecule has 34 heavy (non-hydrogen) atoms. The number of aryl methyl sites for hydroxylation is 3. The van der Waals surface area contributed by atoms with Crippen LogP contribution in [0.5, 0.6) is 0 Å². The molecule has 1 saturated heterocycles. The van der Waals surface area contributed by atoms with Crippen molar-refractivity contribution in [3.8, 4) is 0 Å². The summed E-state index contributed by atoms with van der Waals surface area (Å²) in [6, 6.07) is 15.3. The van der Waals surface area contributed by atoms with Crippen molar-refractivity contribution in [2.45, 2.75) is 38.5 Å². The van der Waals surface area contributed by atoms with E-state index in [0.29, 0.717) is 25.1 Å². The molecular formula is C26H29N3O4S. The number of piperidine rings is 1. The molecule has 1 aromatic heterocycles. The standard InChI is InChI=1S/C26H29N3O4S/c1-18-11-13-23(16-19(18)2)27-26(30)22-10-7-15-29(17-22)34(31,32)25-20(3)28-33-24(25)14-12-21-8-5-4-6-9-21/h4-6,8-9,11-14,16,22H,7,10,15,17H2,1-3H3,(H,27,30). The van der Waals surface area contributed by atoms with Crippen molar-refractivity contribution in [2.24, 2.45) is 5.92 Å². The van der Waals surface area contributed by atoms with E-state index >= 15 is 0 Å². The number of carbonyl (C=O) groups excluding carboxylic acids is 1. The second-order valence-corrected chi connectivity index (χ2v) is 10.6. The highest BCUT2D eigenvalue weighted by atomic mass is 32.2. The third-order valence-corrected chi connectivity index (χ3v) is 8.21. The quantitative estimate of drug-likeness (QED) is 0.548. The Bertz CT molecular complexity index is 1310. The molecule has 1 fully saturated rings. The van der Waals surface area contributed by atoms with Crippen LogP contribution >= 0.6 is 0 Å². The average molecular weight is 480 g/mol. The summed E-state index contributed by atoms with van der Waals surface area (Å²) in [5, 5.41) is 6.85. The van der Waals surface area contributed by atoms with E-state index in [-0.39, 0.29) is 23.1 Å². The molecule has 8 heteroatoms. The van der Waals surface area contributed by atoms with Crippen LogP contribution < -0.4 is 5.32 Å². The predicted molar refractivity (Wildman–Crippen MR) is 133 cm³/mol. The van der Waals surface area contributed by atoms with Crippen molar-refractivity contribution in [1.82, 2.24) is 9.46 Å². The van der Waals surface area contributed by atoms with E-state index in [0.717, 1.165) is 22.4 Å². The molecule has 7 nitrogen and oxygen atoms in total. The smallest absolute Gasteiger partial charge is 0.248 e. The first-order valence-electron chi connectivity index (χ1n) is 11.3. The van der Waals surface area contributed by atoms with Gasteiger partial charge in [-0.25, -0.2) is 8.42 Å². The van der Waals surface area contributed by atoms with Crippen LogP contribution in [0.4, 0.5) is 5.69 Å². The first-order chi connectivity index (χ1) is 16.3. The van der Waals surface area contributed by atoms with Crippen LogP contribution in [-0.4, -0.2) is 36.9 Å². The summed E-state index contributed by atoms with van der Waals surface area (Å²) in [7, 11) is -3.89. The topological polar surface area (TPSA) is 92.5 Å². The number of aromatic nitrogens is 1. The number of anilines is 1. The fourth-order valence-electron chi connectivity index (χ4n) is 4.10. The zero-order valence-electron chi connectivity index (χ0n) is 19.6. The minimum absolute atomic E-state index is 0.0508. The van der Waals surface area contributed by atoms with Gasteiger partial charge in [-0.15, -0.1) is 0 Å². The van der Waals surface area contributed by atoms with Gasteiger partial charge in [-0.05, 0) is 68.5 Å². The lowest BCUT2D eigenvalue weighted by Gasteiger charge is -2.31. The zero-order valence-corrected chi connectivity index (χ0v) is 20.4. The maximum absolute atomic E-state index is 13.6. The minimum Gasteiger partial charge on any atom is -0.355 e. The van der Waals surface area contributed by atoms with Crippen LogP contribution in [0.15, 0.2) is 57.9 Å². The molecule has 0 radical (unpaired) electrons. The Hall–Kier alpha value is -3.23. The van der Waals surface area contributed by atoms with E-state index in [2.05, 4.69) is 10.5 Å². The molecule has 1 unspecified atom stereocenters. The lowest BCUT2D eigenvalue weighted by atomic mass is 9.98. The van der Waals surface area contributed by atoms with Gasteiger partial charge in [0.05, 0.1) is 5.92 Å². The largest absolute Gasteiger partial charge is 0.355 e. The van der Waals surface area contributed by atoms with Crippen molar-refractivity contribution in [3.05, 3.63) is 76.7 Å². The third kappa shape index (κ3) is 5.13. The Morgan fingerprint density at radius 1 is 1.09 bits per heavy atom. The molecule has 0 bridgehead atoms. The van der Waals surface area contributed by atoms with Gasteiger partial charge < -0.3 is 9.84 Å². The van der Waals surface area contributed by atoms with Gasteiger partial charge >= 0.3 is 0 Å². The van der Waals surface area contributed by atoms with E-state index in [1.165, 1.54) is 4.31 Å². The number of hydrogen-bond donors (Lipinski definition) is 1. The summed E-state index contributed by atoms with van der Waals surface area (Å²) in [5.74, 6) is -0.425. The van der Waals surface area contributed by atoms with Gasteiger partial charge in [0.15, 0.2) is 10.7 Å². The highest BCUT2D eigenvalue weighted by molar-refractivity contribution is 7.89. The van der Waals surface area contributed by atoms with E-state index in [9.17, 15) is 13.2 Å². The lowest BCUT2D eigenvalue weighted by Crippen LogP contribution is -2.43. The summed E-state index contributed by atoms with van der Waals surface area (Å²) in [6.45, 7) is 6.09. The number of rotatable bonds is 6. The second-order valence-electron chi connectivity index (χ2n) is 8.70. The van der Waals surface area contributed by atoms with Crippen LogP contribution in [-0.2, 0) is 14.8 Å². The highest BCUT2D eigenvalue weighted by Crippen LogP contribution is 2.30. The van der Waals surface area contributed by atoms with E-state index in [4.69, 9.17) is 4.52 Å². The molecule has 1 aliphatic rings. The summed E-state index contributed by atoms with van der Waals surface area (Å²) >= 11 is 0. The number of sulfonamides is 1. The number of hydrogen-bond acceptors (Lipinski definition) is 5. The van der Waals surface area contributed by atoms with Crippen LogP contribution in [0.25, 0.3) is 12.2 Å². The molecular weight excluding hydrogens is 450 g/mol. The van der Waals surface area contributed by atoms with Crippen molar-refractivity contribution < 1.29 is 17.7 Å². The molecule has 2 aromatic carbocycles. The molecule has 178 valence electrons. The second kappa shape index (κ2) is 9.95. The maximum Gasteiger partial charge on any atom is 0.248 e. The Morgan fingerprint density at radius 3 is 2.59 bits per heavy atom. The van der Waals surface area contributed by atoms with Gasteiger partial charge in [-0.1, -0.05) is 47.6 Å². The molecule has 1 amide bonds. The number of nitrogens with one attached hydrogen (secondary N) is 1. The third-order valence-electron chi connectivity index (χ3n) is 6.19. The number of nitrogens with zero attached hydrogens (tertiary/aromatic N) is 2. The monoisotopic (exact) mass is 479 g/mol. The Kier molecular flexibility index (Phi) is 7.00. The number of carbonyl (C=O) groups is 1. The summed E-state index contributed by atoms with van der Waals surface area (Å²) < 4.78 is 33.9. The summed E-state index contributed by atoms with van der Waals surface area (Å²) in [5.41, 5.74) is 4.17. The van der Waals surface area contributed by atoms with E-state index in [1.54, 1.807) is 19.1 Å². The van der Waals surface area contributed by atoms with Crippen molar-refractivity contribution >= 4 is 33.8 Å². The predicted octanol–water partition coefficient (Wildman–Crippen LogP) is 4.81. The van der Waals surface area contributed by atoms with Gasteiger partial charge in [0, 0.05) is 18.8 Å². The molecule has 1 aliphatic heterocycles. The molecule has 0 spiro atoms. The molecule has 1 atom stereocenters. The Labute approximate surface area is 200 Å². The normalized spacial score (nSPS) is 17.2. The number of benzene rings is 2. The van der Waals surface area contributed by atoms with Gasteiger partial charge in [-0.3, -0.25) is 4.79 Å². The molecule has 3 aromatic rings. The van der Waals surface area contributed by atoms with Crippen LogP contribution in [0.3, 0.4) is 0 Å². The fraction of sp³-hybridized carbons (Fsp3) is 0.308. The molecule has 1 N–H and O–H groups in total. The van der Waals surface area contributed by atoms with Gasteiger partial charge in [-0.2, -0.15) is 4.31 Å². The first kappa shape index (κ1) is 23.9. The van der Waals surface area contributed by atoms with Crippen molar-refractivity contribution in [3.63, 3.8) is 0 Å². The SMILES string of the molecule is Cc1ccc(NC(=O)C2CCCN(S(=O)(=O)c3c(C)noc3C=Cc3ccccc3)C2)cc1C. The molecule has 0 saturated carbocycles. The van der Waals surface area contributed by atoms with Crippen LogP contribution in [0.2, 0.25) is 0 Å². The van der Waals surface area contributed by atoms with Gasteiger partial charge in [0.1, 0.15) is 5.69 Å². The minimum atomic E-state index is -3.89. The van der Waals surface area contributed by atoms with Crippen LogP contribution in [0.1, 0.15) is 41.0 Å². The molecule has 2 heterocycles. The lowest BCUT2D eigenvalue weighted by molar-refractivity contribution is -0.120. The van der Waals surface area contributed by atoms with Gasteiger partial charge in [0.25, 0.3) is 0 Å². The van der Waals surface area contributed by atoms with E-state index in [1.807, 2.05) is 62.4 Å². The number of amides is 1. The Morgan fingerprint density at radius 2 is 1.85 bits per heavy atom. The average Bonchev–Trinajstić information content (AvgIpc) is 3.22. The molecule has 0 aliphatic carbocycles. The fourth-order valence-corrected chi connectivity index (χ4v) is 5.88. The van der Waals surface area contributed by atoms with Gasteiger partial charge in [0.2, 0.25) is 15.9 Å². The van der Waals surface area contributed by atoms with Crippen molar-refractivity contribution in [1.29, 1.82) is 0 Å². The van der Waals surface area contributed by atoms with E-state index < -0.39 is 15.9 Å².